The van der Waals surface area contributed by atoms with Gasteiger partial charge in [0.1, 0.15) is 12.4 Å². The molecule has 1 aromatic rings. The van der Waals surface area contributed by atoms with Gasteiger partial charge in [-0.1, -0.05) is 0 Å². The highest BCUT2D eigenvalue weighted by atomic mass is 16.7. The molecule has 1 atom stereocenters. The zero-order chi connectivity index (χ0) is 10.3. The molecule has 2 heterocycles. The van der Waals surface area contributed by atoms with E-state index >= 15 is 0 Å². The molecule has 0 bridgehead atoms. The Morgan fingerprint density at radius 3 is 2.80 bits per heavy atom. The van der Waals surface area contributed by atoms with Crippen LogP contribution in [0.3, 0.4) is 0 Å². The van der Waals surface area contributed by atoms with Gasteiger partial charge in [-0.05, 0) is 6.07 Å². The van der Waals surface area contributed by atoms with Crippen molar-refractivity contribution in [2.45, 2.75) is 6.04 Å². The van der Waals surface area contributed by atoms with Crippen LogP contribution in [0.15, 0.2) is 12.1 Å². The molecule has 0 saturated carbocycles. The van der Waals surface area contributed by atoms with Crippen LogP contribution >= 0.6 is 0 Å². The molecule has 1 N–H and O–H groups in total. The van der Waals surface area contributed by atoms with Gasteiger partial charge in [-0.3, -0.25) is 0 Å². The summed E-state index contributed by atoms with van der Waals surface area (Å²) >= 11 is 0. The molecule has 0 aliphatic carbocycles. The average molecular weight is 209 g/mol. The van der Waals surface area contributed by atoms with E-state index in [1.54, 1.807) is 7.11 Å². The first-order chi connectivity index (χ1) is 7.38. The lowest BCUT2D eigenvalue weighted by Crippen LogP contribution is -2.20. The molecule has 0 amide bonds. The third kappa shape index (κ3) is 1.32. The molecule has 2 aliphatic heterocycles. The summed E-state index contributed by atoms with van der Waals surface area (Å²) in [4.78, 5) is 4.90. The Bertz CT molecular complexity index is 393. The second-order valence-corrected chi connectivity index (χ2v) is 3.43. The number of fused-ring (bicyclic) bond motifs is 2. The van der Waals surface area contributed by atoms with E-state index < -0.39 is 0 Å². The molecule has 2 aliphatic rings. The first-order valence-electron chi connectivity index (χ1n) is 4.73. The maximum atomic E-state index is 5.51. The molecule has 0 saturated heterocycles. The van der Waals surface area contributed by atoms with Gasteiger partial charge in [0.25, 0.3) is 0 Å². The standard InChI is InChI=1S/C10H11NO4/c1-12-11-7-4-13-8-3-10-9(2-6(7)8)14-5-15-10/h2-3,7,11H,4-5H2,1H3. The van der Waals surface area contributed by atoms with Crippen molar-refractivity contribution in [1.82, 2.24) is 5.48 Å². The first kappa shape index (κ1) is 8.82. The van der Waals surface area contributed by atoms with E-state index in [1.807, 2.05) is 12.1 Å². The highest BCUT2D eigenvalue weighted by Gasteiger charge is 2.28. The molecule has 0 radical (unpaired) electrons. The molecule has 5 nitrogen and oxygen atoms in total. The maximum absolute atomic E-state index is 5.51. The summed E-state index contributed by atoms with van der Waals surface area (Å²) in [7, 11) is 1.59. The number of ether oxygens (including phenoxy) is 3. The van der Waals surface area contributed by atoms with E-state index in [9.17, 15) is 0 Å². The monoisotopic (exact) mass is 209 g/mol. The summed E-state index contributed by atoms with van der Waals surface area (Å²) in [6, 6.07) is 3.84. The van der Waals surface area contributed by atoms with Gasteiger partial charge >= 0.3 is 0 Å². The van der Waals surface area contributed by atoms with Gasteiger partial charge in [0, 0.05) is 11.6 Å². The molecule has 15 heavy (non-hydrogen) atoms. The molecule has 1 unspecified atom stereocenters. The zero-order valence-corrected chi connectivity index (χ0v) is 8.28. The fourth-order valence-corrected chi connectivity index (χ4v) is 1.84. The first-order valence-corrected chi connectivity index (χ1v) is 4.73. The average Bonchev–Trinajstić information content (AvgIpc) is 2.82. The normalized spacial score (nSPS) is 21.3. The molecule has 0 aromatic heterocycles. The number of hydroxylamine groups is 1. The van der Waals surface area contributed by atoms with Gasteiger partial charge in [0.2, 0.25) is 6.79 Å². The van der Waals surface area contributed by atoms with Crippen LogP contribution in [0.1, 0.15) is 11.6 Å². The lowest BCUT2D eigenvalue weighted by Gasteiger charge is -2.08. The van der Waals surface area contributed by atoms with E-state index in [0.717, 1.165) is 22.8 Å². The minimum absolute atomic E-state index is 0.0551. The van der Waals surface area contributed by atoms with E-state index in [-0.39, 0.29) is 12.8 Å². The van der Waals surface area contributed by atoms with Crippen LogP contribution in [0, 0.1) is 0 Å². The van der Waals surface area contributed by atoms with Gasteiger partial charge in [-0.25, -0.2) is 0 Å². The lowest BCUT2D eigenvalue weighted by atomic mass is 10.1. The minimum atomic E-state index is 0.0551. The zero-order valence-electron chi connectivity index (χ0n) is 8.28. The fraction of sp³-hybridized carbons (Fsp3) is 0.400. The number of benzene rings is 1. The molecule has 5 heteroatoms. The smallest absolute Gasteiger partial charge is 0.231 e. The summed E-state index contributed by atoms with van der Waals surface area (Å²) in [6.07, 6.45) is 0. The second-order valence-electron chi connectivity index (χ2n) is 3.43. The van der Waals surface area contributed by atoms with Gasteiger partial charge in [0.15, 0.2) is 11.5 Å². The van der Waals surface area contributed by atoms with Crippen LogP contribution in [0.5, 0.6) is 17.2 Å². The van der Waals surface area contributed by atoms with Gasteiger partial charge < -0.3 is 19.0 Å². The molecule has 3 rings (SSSR count). The van der Waals surface area contributed by atoms with Crippen LogP contribution in [0.2, 0.25) is 0 Å². The fourth-order valence-electron chi connectivity index (χ4n) is 1.84. The van der Waals surface area contributed by atoms with E-state index in [4.69, 9.17) is 19.0 Å². The topological polar surface area (TPSA) is 49.0 Å². The van der Waals surface area contributed by atoms with Crippen molar-refractivity contribution in [2.24, 2.45) is 0 Å². The van der Waals surface area contributed by atoms with E-state index in [1.165, 1.54) is 0 Å². The largest absolute Gasteiger partial charge is 0.491 e. The second kappa shape index (κ2) is 3.29. The summed E-state index contributed by atoms with van der Waals surface area (Å²) in [6.45, 7) is 0.840. The van der Waals surface area contributed by atoms with E-state index in [2.05, 4.69) is 5.48 Å². The highest BCUT2D eigenvalue weighted by molar-refractivity contribution is 5.54. The lowest BCUT2D eigenvalue weighted by molar-refractivity contribution is 0.0535. The third-order valence-corrected chi connectivity index (χ3v) is 2.55. The Labute approximate surface area is 86.8 Å². The van der Waals surface area contributed by atoms with Crippen molar-refractivity contribution in [3.63, 3.8) is 0 Å². The van der Waals surface area contributed by atoms with Crippen LogP contribution in [-0.4, -0.2) is 20.5 Å². The number of hydrogen-bond donors (Lipinski definition) is 1. The van der Waals surface area contributed by atoms with Crippen molar-refractivity contribution in [2.75, 3.05) is 20.5 Å². The van der Waals surface area contributed by atoms with Crippen LogP contribution < -0.4 is 19.7 Å². The molecule has 1 aromatic carbocycles. The van der Waals surface area contributed by atoms with Crippen molar-refractivity contribution in [3.8, 4) is 17.2 Å². The molecule has 0 spiro atoms. The van der Waals surface area contributed by atoms with Crippen molar-refractivity contribution < 1.29 is 19.0 Å². The Balaban J connectivity index is 1.98. The maximum Gasteiger partial charge on any atom is 0.231 e. The molecule has 80 valence electrons. The van der Waals surface area contributed by atoms with Gasteiger partial charge in [0.05, 0.1) is 13.2 Å². The molecular formula is C10H11NO4. The van der Waals surface area contributed by atoms with Crippen molar-refractivity contribution in [3.05, 3.63) is 17.7 Å². The van der Waals surface area contributed by atoms with Crippen molar-refractivity contribution in [1.29, 1.82) is 0 Å². The van der Waals surface area contributed by atoms with E-state index in [0.29, 0.717) is 6.61 Å². The van der Waals surface area contributed by atoms with Crippen LogP contribution in [0.4, 0.5) is 0 Å². The summed E-state index contributed by atoms with van der Waals surface area (Å²) < 4.78 is 16.1. The third-order valence-electron chi connectivity index (χ3n) is 2.55. The van der Waals surface area contributed by atoms with Crippen LogP contribution in [0.25, 0.3) is 0 Å². The van der Waals surface area contributed by atoms with Gasteiger partial charge in [-0.15, -0.1) is 0 Å². The highest BCUT2D eigenvalue weighted by Crippen LogP contribution is 2.43. The summed E-state index contributed by atoms with van der Waals surface area (Å²) in [5.74, 6) is 2.34. The predicted octanol–water partition coefficient (Wildman–Crippen LogP) is 1.000. The Hall–Kier alpha value is -1.46. The Morgan fingerprint density at radius 1 is 1.20 bits per heavy atom. The minimum Gasteiger partial charge on any atom is -0.491 e. The number of nitrogens with one attached hydrogen (secondary N) is 1. The number of hydrogen-bond acceptors (Lipinski definition) is 5. The quantitative estimate of drug-likeness (QED) is 0.736. The SMILES string of the molecule is CONC1COc2cc3c(cc21)OCO3. The Kier molecular flexibility index (Phi) is 1.93. The summed E-state index contributed by atoms with van der Waals surface area (Å²) in [5.41, 5.74) is 3.91. The van der Waals surface area contributed by atoms with Gasteiger partial charge in [-0.2, -0.15) is 5.48 Å². The predicted molar refractivity (Wildman–Crippen MR) is 50.9 cm³/mol. The molecular weight excluding hydrogens is 198 g/mol. The number of rotatable bonds is 2. The van der Waals surface area contributed by atoms with Crippen molar-refractivity contribution >= 4 is 0 Å². The summed E-state index contributed by atoms with van der Waals surface area (Å²) in [5, 5.41) is 0. The van der Waals surface area contributed by atoms with Crippen LogP contribution in [-0.2, 0) is 4.84 Å². The molecule has 0 fully saturated rings. The Morgan fingerprint density at radius 2 is 2.00 bits per heavy atom.